The van der Waals surface area contributed by atoms with Gasteiger partial charge in [0.15, 0.2) is 0 Å². The lowest BCUT2D eigenvalue weighted by Gasteiger charge is -2.38. The van der Waals surface area contributed by atoms with E-state index in [1.165, 1.54) is 4.31 Å². The van der Waals surface area contributed by atoms with Gasteiger partial charge in [0.25, 0.3) is 10.2 Å². The zero-order chi connectivity index (χ0) is 13.8. The first kappa shape index (κ1) is 16.2. The van der Waals surface area contributed by atoms with E-state index in [9.17, 15) is 8.42 Å². The van der Waals surface area contributed by atoms with Crippen molar-refractivity contribution >= 4 is 22.0 Å². The highest BCUT2D eigenvalue weighted by atomic mass is 32.2. The van der Waals surface area contributed by atoms with Crippen LogP contribution in [0.25, 0.3) is 0 Å². The van der Waals surface area contributed by atoms with Crippen molar-refractivity contribution in [2.24, 2.45) is 5.73 Å². The van der Waals surface area contributed by atoms with Gasteiger partial charge in [-0.05, 0) is 26.0 Å². The first-order valence-electron chi connectivity index (χ1n) is 6.39. The summed E-state index contributed by atoms with van der Waals surface area (Å²) in [5.41, 5.74) is 5.70. The van der Waals surface area contributed by atoms with Crippen molar-refractivity contribution in [2.45, 2.75) is 38.3 Å². The molecule has 1 rings (SSSR count). The minimum absolute atomic E-state index is 0.00495. The van der Waals surface area contributed by atoms with Gasteiger partial charge in [-0.1, -0.05) is 6.42 Å². The topological polar surface area (TPSA) is 66.6 Å². The lowest BCUT2D eigenvalue weighted by atomic mass is 10.1. The maximum Gasteiger partial charge on any atom is 0.282 e. The van der Waals surface area contributed by atoms with Crippen LogP contribution < -0.4 is 5.73 Å². The Kier molecular flexibility index (Phi) is 6.40. The molecule has 18 heavy (non-hydrogen) atoms. The van der Waals surface area contributed by atoms with Crippen LogP contribution in [-0.4, -0.2) is 61.3 Å². The second-order valence-electron chi connectivity index (χ2n) is 4.82. The molecule has 0 aliphatic carbocycles. The molecular formula is C11H25N3O2S2. The maximum absolute atomic E-state index is 12.6. The average Bonchev–Trinajstić information content (AvgIpc) is 2.38. The van der Waals surface area contributed by atoms with Crippen LogP contribution in [0, 0.1) is 0 Å². The number of thioether (sulfide) groups is 1. The van der Waals surface area contributed by atoms with E-state index in [1.807, 2.05) is 13.2 Å². The zero-order valence-electron chi connectivity index (χ0n) is 11.5. The molecule has 2 unspecified atom stereocenters. The number of piperidine rings is 1. The Bertz CT molecular complexity index is 348. The predicted molar refractivity (Wildman–Crippen MR) is 77.9 cm³/mol. The monoisotopic (exact) mass is 295 g/mol. The van der Waals surface area contributed by atoms with E-state index in [2.05, 4.69) is 0 Å². The number of hydrogen-bond acceptors (Lipinski definition) is 4. The molecule has 1 heterocycles. The molecule has 1 aliphatic heterocycles. The SMILES string of the molecule is CSCC(C)N(C)S(=O)(=O)N1CCCCC1CN. The van der Waals surface area contributed by atoms with E-state index in [-0.39, 0.29) is 12.1 Å². The fourth-order valence-electron chi connectivity index (χ4n) is 2.25. The first-order valence-corrected chi connectivity index (χ1v) is 9.18. The van der Waals surface area contributed by atoms with Crippen molar-refractivity contribution < 1.29 is 8.42 Å². The van der Waals surface area contributed by atoms with Crippen LogP contribution in [-0.2, 0) is 10.2 Å². The van der Waals surface area contributed by atoms with Gasteiger partial charge in [0.1, 0.15) is 0 Å². The molecule has 0 aromatic carbocycles. The van der Waals surface area contributed by atoms with Crippen molar-refractivity contribution in [2.75, 3.05) is 32.1 Å². The molecule has 1 aliphatic rings. The van der Waals surface area contributed by atoms with Crippen LogP contribution in [0.4, 0.5) is 0 Å². The molecule has 0 saturated carbocycles. The van der Waals surface area contributed by atoms with Crippen LogP contribution in [0.1, 0.15) is 26.2 Å². The lowest BCUT2D eigenvalue weighted by molar-refractivity contribution is 0.235. The van der Waals surface area contributed by atoms with Crippen molar-refractivity contribution in [1.82, 2.24) is 8.61 Å². The third-order valence-electron chi connectivity index (χ3n) is 3.53. The fraction of sp³-hybridized carbons (Fsp3) is 1.00. The van der Waals surface area contributed by atoms with Gasteiger partial charge in [-0.25, -0.2) is 0 Å². The summed E-state index contributed by atoms with van der Waals surface area (Å²) in [6.07, 6.45) is 4.86. The summed E-state index contributed by atoms with van der Waals surface area (Å²) in [5.74, 6) is 0.802. The van der Waals surface area contributed by atoms with E-state index in [1.54, 1.807) is 23.1 Å². The van der Waals surface area contributed by atoms with E-state index in [4.69, 9.17) is 5.73 Å². The van der Waals surface area contributed by atoms with Crippen LogP contribution >= 0.6 is 11.8 Å². The Hall–Kier alpha value is 0.180. The normalized spacial score (nSPS) is 24.4. The van der Waals surface area contributed by atoms with E-state index in [0.29, 0.717) is 13.1 Å². The van der Waals surface area contributed by atoms with E-state index >= 15 is 0 Å². The second kappa shape index (κ2) is 7.09. The highest BCUT2D eigenvalue weighted by Gasteiger charge is 2.35. The molecular weight excluding hydrogens is 270 g/mol. The average molecular weight is 295 g/mol. The molecule has 0 spiro atoms. The largest absolute Gasteiger partial charge is 0.329 e. The fourth-order valence-corrected chi connectivity index (χ4v) is 4.84. The van der Waals surface area contributed by atoms with Crippen molar-refractivity contribution in [3.05, 3.63) is 0 Å². The summed E-state index contributed by atoms with van der Waals surface area (Å²) in [7, 11) is -1.71. The lowest BCUT2D eigenvalue weighted by Crippen LogP contribution is -2.54. The molecule has 0 amide bonds. The van der Waals surface area contributed by atoms with Crippen LogP contribution in [0.5, 0.6) is 0 Å². The van der Waals surface area contributed by atoms with Crippen LogP contribution in [0.15, 0.2) is 0 Å². The van der Waals surface area contributed by atoms with E-state index in [0.717, 1.165) is 25.0 Å². The first-order chi connectivity index (χ1) is 8.45. The molecule has 2 N–H and O–H groups in total. The Morgan fingerprint density at radius 1 is 1.50 bits per heavy atom. The highest BCUT2D eigenvalue weighted by molar-refractivity contribution is 7.98. The summed E-state index contributed by atoms with van der Waals surface area (Å²) >= 11 is 1.66. The molecule has 1 fully saturated rings. The second-order valence-corrected chi connectivity index (χ2v) is 7.68. The van der Waals surface area contributed by atoms with Crippen LogP contribution in [0.2, 0.25) is 0 Å². The van der Waals surface area contributed by atoms with Gasteiger partial charge >= 0.3 is 0 Å². The predicted octanol–water partition coefficient (Wildman–Crippen LogP) is 0.728. The van der Waals surface area contributed by atoms with Gasteiger partial charge in [-0.3, -0.25) is 0 Å². The summed E-state index contributed by atoms with van der Waals surface area (Å²) < 4.78 is 28.2. The maximum atomic E-state index is 12.6. The number of hydrogen-bond donors (Lipinski definition) is 1. The Balaban J connectivity index is 2.83. The molecule has 0 aromatic heterocycles. The molecule has 0 bridgehead atoms. The summed E-state index contributed by atoms with van der Waals surface area (Å²) in [5, 5.41) is 0. The molecule has 108 valence electrons. The summed E-state index contributed by atoms with van der Waals surface area (Å²) in [6.45, 7) is 2.94. The zero-order valence-corrected chi connectivity index (χ0v) is 13.1. The van der Waals surface area contributed by atoms with E-state index < -0.39 is 10.2 Å². The van der Waals surface area contributed by atoms with Gasteiger partial charge in [-0.2, -0.15) is 28.8 Å². The Morgan fingerprint density at radius 3 is 2.72 bits per heavy atom. The summed E-state index contributed by atoms with van der Waals surface area (Å²) in [4.78, 5) is 0. The van der Waals surface area contributed by atoms with Gasteiger partial charge < -0.3 is 5.73 Å². The molecule has 5 nitrogen and oxygen atoms in total. The number of nitrogens with zero attached hydrogens (tertiary/aromatic N) is 2. The quantitative estimate of drug-likeness (QED) is 0.784. The van der Waals surface area contributed by atoms with Gasteiger partial charge in [-0.15, -0.1) is 0 Å². The third kappa shape index (κ3) is 3.60. The van der Waals surface area contributed by atoms with Crippen molar-refractivity contribution in [1.29, 1.82) is 0 Å². The van der Waals surface area contributed by atoms with Gasteiger partial charge in [0.05, 0.1) is 0 Å². The third-order valence-corrected chi connectivity index (χ3v) is 6.51. The molecule has 0 radical (unpaired) electrons. The van der Waals surface area contributed by atoms with Gasteiger partial charge in [0, 0.05) is 38.0 Å². The standard InChI is InChI=1S/C11H25N3O2S2/c1-10(9-17-3)13(2)18(15,16)14-7-5-4-6-11(14)8-12/h10-11H,4-9,12H2,1-3H3. The molecule has 1 saturated heterocycles. The highest BCUT2D eigenvalue weighted by Crippen LogP contribution is 2.23. The Morgan fingerprint density at radius 2 is 2.17 bits per heavy atom. The summed E-state index contributed by atoms with van der Waals surface area (Å²) in [6, 6.07) is -0.0296. The van der Waals surface area contributed by atoms with Crippen molar-refractivity contribution in [3.63, 3.8) is 0 Å². The number of rotatable bonds is 6. The molecule has 0 aromatic rings. The molecule has 2 atom stereocenters. The minimum atomic E-state index is -3.37. The van der Waals surface area contributed by atoms with Gasteiger partial charge in [0.2, 0.25) is 0 Å². The smallest absolute Gasteiger partial charge is 0.282 e. The van der Waals surface area contributed by atoms with Crippen molar-refractivity contribution in [3.8, 4) is 0 Å². The molecule has 7 heteroatoms. The Labute approximate surface area is 115 Å². The minimum Gasteiger partial charge on any atom is -0.329 e. The van der Waals surface area contributed by atoms with Crippen LogP contribution in [0.3, 0.4) is 0 Å². The number of nitrogens with two attached hydrogens (primary N) is 1.